The molecular formula is C21H19F3N4O3S. The van der Waals surface area contributed by atoms with Crippen LogP contribution in [0.25, 0.3) is 0 Å². The summed E-state index contributed by atoms with van der Waals surface area (Å²) in [7, 11) is 0. The van der Waals surface area contributed by atoms with E-state index in [1.807, 2.05) is 6.92 Å². The Morgan fingerprint density at radius 2 is 1.81 bits per heavy atom. The first kappa shape index (κ1) is 23.2. The zero-order valence-corrected chi connectivity index (χ0v) is 17.7. The van der Waals surface area contributed by atoms with Gasteiger partial charge in [-0.1, -0.05) is 24.3 Å². The molecule has 0 radical (unpaired) electrons. The summed E-state index contributed by atoms with van der Waals surface area (Å²) >= 11 is 1.31. The van der Waals surface area contributed by atoms with Gasteiger partial charge in [0, 0.05) is 17.7 Å². The number of amides is 2. The summed E-state index contributed by atoms with van der Waals surface area (Å²) in [6.45, 7) is 1.62. The lowest BCUT2D eigenvalue weighted by Gasteiger charge is -2.10. The van der Waals surface area contributed by atoms with Crippen molar-refractivity contribution in [1.82, 2.24) is 10.2 Å². The maximum Gasteiger partial charge on any atom is 0.416 e. The van der Waals surface area contributed by atoms with Crippen LogP contribution in [0.2, 0.25) is 0 Å². The predicted molar refractivity (Wildman–Crippen MR) is 114 cm³/mol. The number of ether oxygens (including phenoxy) is 1. The number of halogens is 3. The van der Waals surface area contributed by atoms with Crippen LogP contribution in [0, 0.1) is 0 Å². The van der Waals surface area contributed by atoms with E-state index in [2.05, 4.69) is 20.8 Å². The van der Waals surface area contributed by atoms with Gasteiger partial charge in [-0.05, 0) is 48.9 Å². The molecule has 0 saturated heterocycles. The van der Waals surface area contributed by atoms with Gasteiger partial charge in [-0.3, -0.25) is 14.9 Å². The molecule has 0 fully saturated rings. The molecule has 0 aliphatic heterocycles. The van der Waals surface area contributed by atoms with Crippen molar-refractivity contribution in [2.75, 3.05) is 17.2 Å². The Bertz CT molecular complexity index is 1080. The number of nitrogens with one attached hydrogen (secondary N) is 2. The van der Waals surface area contributed by atoms with Crippen molar-refractivity contribution in [2.24, 2.45) is 0 Å². The Hall–Kier alpha value is -3.47. The van der Waals surface area contributed by atoms with Crippen LogP contribution in [0.15, 0.2) is 48.5 Å². The Morgan fingerprint density at radius 3 is 2.50 bits per heavy atom. The zero-order valence-electron chi connectivity index (χ0n) is 16.9. The van der Waals surface area contributed by atoms with Crippen molar-refractivity contribution in [2.45, 2.75) is 25.9 Å². The predicted octanol–water partition coefficient (Wildman–Crippen LogP) is 4.78. The fraction of sp³-hybridized carbons (Fsp3) is 0.238. The molecule has 1 heterocycles. The largest absolute Gasteiger partial charge is 0.484 e. The molecule has 0 aliphatic rings. The Labute approximate surface area is 185 Å². The van der Waals surface area contributed by atoms with Gasteiger partial charge in [0.2, 0.25) is 5.13 Å². The first-order valence-corrected chi connectivity index (χ1v) is 10.4. The van der Waals surface area contributed by atoms with E-state index in [1.54, 1.807) is 0 Å². The molecule has 0 unspecified atom stereocenters. The van der Waals surface area contributed by atoms with Crippen LogP contribution < -0.4 is 15.4 Å². The fourth-order valence-corrected chi connectivity index (χ4v) is 3.45. The summed E-state index contributed by atoms with van der Waals surface area (Å²) in [5.74, 6) is -0.662. The van der Waals surface area contributed by atoms with Gasteiger partial charge in [0.15, 0.2) is 6.61 Å². The van der Waals surface area contributed by atoms with Crippen molar-refractivity contribution < 1.29 is 27.5 Å². The molecule has 0 saturated carbocycles. The van der Waals surface area contributed by atoms with Gasteiger partial charge in [-0.25, -0.2) is 0 Å². The monoisotopic (exact) mass is 464 g/mol. The zero-order chi connectivity index (χ0) is 23.1. The second kappa shape index (κ2) is 10.2. The van der Waals surface area contributed by atoms with Gasteiger partial charge in [0.25, 0.3) is 11.8 Å². The van der Waals surface area contributed by atoms with Crippen molar-refractivity contribution in [3.05, 3.63) is 64.7 Å². The molecule has 0 bridgehead atoms. The molecule has 1 aromatic heterocycles. The van der Waals surface area contributed by atoms with Crippen LogP contribution in [0.1, 0.15) is 34.3 Å². The van der Waals surface area contributed by atoms with E-state index in [-0.39, 0.29) is 11.6 Å². The first-order chi connectivity index (χ1) is 15.2. The lowest BCUT2D eigenvalue weighted by molar-refractivity contribution is -0.137. The molecule has 0 aliphatic carbocycles. The molecule has 2 aromatic carbocycles. The number of alkyl halides is 3. The molecule has 3 rings (SSSR count). The van der Waals surface area contributed by atoms with Crippen LogP contribution in [-0.4, -0.2) is 28.6 Å². The highest BCUT2D eigenvalue weighted by Gasteiger charge is 2.30. The highest BCUT2D eigenvalue weighted by Crippen LogP contribution is 2.30. The third-order valence-electron chi connectivity index (χ3n) is 4.11. The lowest BCUT2D eigenvalue weighted by atomic mass is 10.2. The molecule has 0 atom stereocenters. The van der Waals surface area contributed by atoms with E-state index >= 15 is 0 Å². The SMILES string of the molecule is CCCc1nnc(NC(=O)c2ccc(OCC(=O)Nc3cccc(C(F)(F)F)c3)cc2)s1. The van der Waals surface area contributed by atoms with Gasteiger partial charge in [-0.15, -0.1) is 10.2 Å². The number of aromatic nitrogens is 2. The summed E-state index contributed by atoms with van der Waals surface area (Å²) in [6, 6.07) is 10.4. The molecule has 0 spiro atoms. The minimum Gasteiger partial charge on any atom is -0.484 e. The first-order valence-electron chi connectivity index (χ1n) is 9.58. The molecular weight excluding hydrogens is 445 g/mol. The minimum atomic E-state index is -4.50. The summed E-state index contributed by atoms with van der Waals surface area (Å²) in [5.41, 5.74) is -0.488. The van der Waals surface area contributed by atoms with E-state index < -0.39 is 24.3 Å². The maximum absolute atomic E-state index is 12.7. The maximum atomic E-state index is 12.7. The normalized spacial score (nSPS) is 11.1. The van der Waals surface area contributed by atoms with Crippen LogP contribution in [0.4, 0.5) is 24.0 Å². The number of hydrogen-bond acceptors (Lipinski definition) is 6. The molecule has 3 aromatic rings. The second-order valence-electron chi connectivity index (χ2n) is 6.64. The summed E-state index contributed by atoms with van der Waals surface area (Å²) < 4.78 is 43.6. The number of carbonyl (C=O) groups excluding carboxylic acids is 2. The minimum absolute atomic E-state index is 0.0132. The number of hydrogen-bond donors (Lipinski definition) is 2. The van der Waals surface area contributed by atoms with Gasteiger partial charge in [0.1, 0.15) is 10.8 Å². The van der Waals surface area contributed by atoms with E-state index in [0.29, 0.717) is 16.4 Å². The Kier molecular flexibility index (Phi) is 7.41. The molecule has 2 amide bonds. The molecule has 168 valence electrons. The summed E-state index contributed by atoms with van der Waals surface area (Å²) in [5, 5.41) is 14.2. The second-order valence-corrected chi connectivity index (χ2v) is 7.71. The Balaban J connectivity index is 1.51. The average molecular weight is 464 g/mol. The van der Waals surface area contributed by atoms with Crippen molar-refractivity contribution in [3.8, 4) is 5.75 Å². The van der Waals surface area contributed by atoms with Crippen molar-refractivity contribution in [1.29, 1.82) is 0 Å². The van der Waals surface area contributed by atoms with Crippen molar-refractivity contribution in [3.63, 3.8) is 0 Å². The van der Waals surface area contributed by atoms with E-state index in [1.165, 1.54) is 47.7 Å². The number of carbonyl (C=O) groups is 2. The highest BCUT2D eigenvalue weighted by molar-refractivity contribution is 7.15. The van der Waals surface area contributed by atoms with E-state index in [4.69, 9.17) is 4.74 Å². The van der Waals surface area contributed by atoms with Crippen LogP contribution >= 0.6 is 11.3 Å². The number of rotatable bonds is 8. The van der Waals surface area contributed by atoms with Crippen molar-refractivity contribution >= 4 is 34.0 Å². The fourth-order valence-electron chi connectivity index (χ4n) is 2.61. The Morgan fingerprint density at radius 1 is 1.06 bits per heavy atom. The molecule has 7 nitrogen and oxygen atoms in total. The van der Waals surface area contributed by atoms with Crippen LogP contribution in [0.3, 0.4) is 0 Å². The smallest absolute Gasteiger partial charge is 0.416 e. The van der Waals surface area contributed by atoms with E-state index in [9.17, 15) is 22.8 Å². The standard InChI is InChI=1S/C21H19F3N4O3S/c1-2-4-18-27-28-20(32-18)26-19(30)13-7-9-16(10-8-13)31-12-17(29)25-15-6-3-5-14(11-15)21(22,23)24/h3,5-11H,2,4,12H2,1H3,(H,25,29)(H,26,28,30). The van der Waals surface area contributed by atoms with Gasteiger partial charge < -0.3 is 10.1 Å². The molecule has 32 heavy (non-hydrogen) atoms. The summed E-state index contributed by atoms with van der Waals surface area (Å²) in [4.78, 5) is 24.3. The average Bonchev–Trinajstić information content (AvgIpc) is 3.19. The number of benzene rings is 2. The number of nitrogens with zero attached hydrogens (tertiary/aromatic N) is 2. The van der Waals surface area contributed by atoms with Gasteiger partial charge >= 0.3 is 6.18 Å². The third-order valence-corrected chi connectivity index (χ3v) is 5.01. The number of aryl methyl sites for hydroxylation is 1. The van der Waals surface area contributed by atoms with E-state index in [0.717, 1.165) is 30.0 Å². The van der Waals surface area contributed by atoms with Gasteiger partial charge in [0.05, 0.1) is 5.56 Å². The topological polar surface area (TPSA) is 93.2 Å². The van der Waals surface area contributed by atoms with Crippen LogP contribution in [-0.2, 0) is 17.4 Å². The quantitative estimate of drug-likeness (QED) is 0.501. The van der Waals surface area contributed by atoms with Crippen LogP contribution in [0.5, 0.6) is 5.75 Å². The molecule has 11 heteroatoms. The number of anilines is 2. The molecule has 2 N–H and O–H groups in total. The van der Waals surface area contributed by atoms with Gasteiger partial charge in [-0.2, -0.15) is 13.2 Å². The highest BCUT2D eigenvalue weighted by atomic mass is 32.1. The third kappa shape index (κ3) is 6.51. The lowest BCUT2D eigenvalue weighted by Crippen LogP contribution is -2.20. The summed E-state index contributed by atoms with van der Waals surface area (Å²) in [6.07, 6.45) is -2.78.